The van der Waals surface area contributed by atoms with Crippen LogP contribution >= 0.6 is 11.6 Å². The number of imidazole rings is 1. The van der Waals surface area contributed by atoms with E-state index in [-0.39, 0.29) is 0 Å². The number of anilines is 1. The van der Waals surface area contributed by atoms with E-state index in [4.69, 9.17) is 17.3 Å². The third-order valence-electron chi connectivity index (χ3n) is 3.68. The Morgan fingerprint density at radius 3 is 2.83 bits per heavy atom. The molecular weight excluding hydrogens is 250 g/mol. The van der Waals surface area contributed by atoms with E-state index < -0.39 is 0 Å². The number of halogens is 1. The molecule has 1 aliphatic rings. The predicted octanol–water partition coefficient (Wildman–Crippen LogP) is 2.64. The number of rotatable bonds is 2. The van der Waals surface area contributed by atoms with Gasteiger partial charge < -0.3 is 5.73 Å². The largest absolute Gasteiger partial charge is 0.382 e. The van der Waals surface area contributed by atoms with Crippen molar-refractivity contribution in [3.05, 3.63) is 11.6 Å². The molecular formula is C12H16ClN5. The minimum atomic E-state index is 0.393. The predicted molar refractivity (Wildman–Crippen MR) is 71.3 cm³/mol. The Morgan fingerprint density at radius 1 is 1.28 bits per heavy atom. The Morgan fingerprint density at radius 2 is 2.06 bits per heavy atom. The Hall–Kier alpha value is -1.36. The molecule has 0 saturated heterocycles. The van der Waals surface area contributed by atoms with Crippen LogP contribution in [0.25, 0.3) is 11.2 Å². The molecule has 18 heavy (non-hydrogen) atoms. The molecule has 2 aromatic rings. The summed E-state index contributed by atoms with van der Waals surface area (Å²) in [4.78, 5) is 12.5. The fraction of sp³-hybridized carbons (Fsp3) is 0.583. The van der Waals surface area contributed by atoms with Gasteiger partial charge in [-0.25, -0.2) is 15.0 Å². The molecule has 0 unspecified atom stereocenters. The Kier molecular flexibility index (Phi) is 3.07. The van der Waals surface area contributed by atoms with Crippen LogP contribution in [0.4, 0.5) is 5.82 Å². The van der Waals surface area contributed by atoms with E-state index >= 15 is 0 Å². The standard InChI is InChI=1S/C12H16ClN5/c13-12-17-9-10(14)15-7-16-11(9)18(12)6-8-4-2-1-3-5-8/h7-8H,1-6H2,(H2,14,15,16). The van der Waals surface area contributed by atoms with Crippen LogP contribution in [-0.2, 0) is 6.54 Å². The Balaban J connectivity index is 1.95. The van der Waals surface area contributed by atoms with E-state index in [1.54, 1.807) is 0 Å². The monoisotopic (exact) mass is 265 g/mol. The number of nitrogens with zero attached hydrogens (tertiary/aromatic N) is 4. The molecule has 1 aliphatic carbocycles. The van der Waals surface area contributed by atoms with Crippen molar-refractivity contribution in [3.8, 4) is 0 Å². The van der Waals surface area contributed by atoms with Gasteiger partial charge in [-0.05, 0) is 30.4 Å². The van der Waals surface area contributed by atoms with Crippen molar-refractivity contribution in [2.45, 2.75) is 38.6 Å². The first-order chi connectivity index (χ1) is 8.75. The maximum absolute atomic E-state index is 6.19. The van der Waals surface area contributed by atoms with E-state index in [0.29, 0.717) is 22.5 Å². The molecule has 5 nitrogen and oxygen atoms in total. The fourth-order valence-corrected chi connectivity index (χ4v) is 2.95. The van der Waals surface area contributed by atoms with Gasteiger partial charge in [0.1, 0.15) is 6.33 Å². The molecule has 2 aromatic heterocycles. The van der Waals surface area contributed by atoms with Gasteiger partial charge in [0.05, 0.1) is 0 Å². The van der Waals surface area contributed by atoms with Gasteiger partial charge in [0.25, 0.3) is 0 Å². The highest BCUT2D eigenvalue weighted by molar-refractivity contribution is 6.29. The smallest absolute Gasteiger partial charge is 0.205 e. The minimum absolute atomic E-state index is 0.393. The average molecular weight is 266 g/mol. The molecule has 1 saturated carbocycles. The Bertz CT molecular complexity index is 559. The summed E-state index contributed by atoms with van der Waals surface area (Å²) < 4.78 is 1.96. The molecule has 0 aromatic carbocycles. The summed E-state index contributed by atoms with van der Waals surface area (Å²) in [5, 5.41) is 0.461. The van der Waals surface area contributed by atoms with Crippen LogP contribution in [0.3, 0.4) is 0 Å². The summed E-state index contributed by atoms with van der Waals surface area (Å²) in [7, 11) is 0. The van der Waals surface area contributed by atoms with Gasteiger partial charge in [-0.2, -0.15) is 0 Å². The van der Waals surface area contributed by atoms with Crippen LogP contribution in [0.2, 0.25) is 5.28 Å². The SMILES string of the molecule is Nc1ncnc2c1nc(Cl)n2CC1CCCCC1. The van der Waals surface area contributed by atoms with Gasteiger partial charge in [0.2, 0.25) is 5.28 Å². The quantitative estimate of drug-likeness (QED) is 0.848. The van der Waals surface area contributed by atoms with E-state index in [1.807, 2.05) is 4.57 Å². The van der Waals surface area contributed by atoms with Gasteiger partial charge in [-0.3, -0.25) is 4.57 Å². The molecule has 0 radical (unpaired) electrons. The summed E-state index contributed by atoms with van der Waals surface area (Å²) in [5.41, 5.74) is 7.14. The molecule has 0 spiro atoms. The molecule has 0 aliphatic heterocycles. The van der Waals surface area contributed by atoms with Crippen LogP contribution in [0, 0.1) is 5.92 Å². The van der Waals surface area contributed by atoms with E-state index in [1.165, 1.54) is 38.4 Å². The average Bonchev–Trinajstić information content (AvgIpc) is 2.70. The van der Waals surface area contributed by atoms with Gasteiger partial charge in [-0.1, -0.05) is 19.3 Å². The minimum Gasteiger partial charge on any atom is -0.382 e. The second kappa shape index (κ2) is 4.72. The van der Waals surface area contributed by atoms with Crippen molar-refractivity contribution in [2.24, 2.45) is 5.92 Å². The van der Waals surface area contributed by atoms with Crippen LogP contribution in [0.1, 0.15) is 32.1 Å². The number of hydrogen-bond donors (Lipinski definition) is 1. The van der Waals surface area contributed by atoms with E-state index in [9.17, 15) is 0 Å². The molecule has 96 valence electrons. The lowest BCUT2D eigenvalue weighted by Gasteiger charge is -2.22. The lowest BCUT2D eigenvalue weighted by molar-refractivity contribution is 0.322. The fourth-order valence-electron chi connectivity index (χ4n) is 2.72. The van der Waals surface area contributed by atoms with Gasteiger partial charge >= 0.3 is 0 Å². The number of fused-ring (bicyclic) bond motifs is 1. The zero-order valence-electron chi connectivity index (χ0n) is 10.1. The van der Waals surface area contributed by atoms with Crippen LogP contribution in [0.5, 0.6) is 0 Å². The lowest BCUT2D eigenvalue weighted by Crippen LogP contribution is -2.14. The number of aromatic nitrogens is 4. The van der Waals surface area contributed by atoms with Crippen LogP contribution < -0.4 is 5.73 Å². The van der Waals surface area contributed by atoms with Crippen molar-refractivity contribution in [3.63, 3.8) is 0 Å². The first kappa shape index (κ1) is 11.7. The third-order valence-corrected chi connectivity index (χ3v) is 3.97. The zero-order valence-corrected chi connectivity index (χ0v) is 10.9. The number of nitrogen functional groups attached to an aromatic ring is 1. The van der Waals surface area contributed by atoms with Gasteiger partial charge in [0.15, 0.2) is 17.0 Å². The molecule has 2 N–H and O–H groups in total. The van der Waals surface area contributed by atoms with Crippen LogP contribution in [0.15, 0.2) is 6.33 Å². The number of hydrogen-bond acceptors (Lipinski definition) is 4. The topological polar surface area (TPSA) is 69.6 Å². The van der Waals surface area contributed by atoms with Crippen molar-refractivity contribution in [1.29, 1.82) is 0 Å². The van der Waals surface area contributed by atoms with Crippen molar-refractivity contribution in [2.75, 3.05) is 5.73 Å². The normalized spacial score (nSPS) is 17.4. The third kappa shape index (κ3) is 2.03. The molecule has 3 rings (SSSR count). The molecule has 0 atom stereocenters. The summed E-state index contributed by atoms with van der Waals surface area (Å²) in [6, 6.07) is 0. The molecule has 0 bridgehead atoms. The van der Waals surface area contributed by atoms with Crippen molar-refractivity contribution in [1.82, 2.24) is 19.5 Å². The highest BCUT2D eigenvalue weighted by Crippen LogP contribution is 2.28. The lowest BCUT2D eigenvalue weighted by atomic mass is 9.89. The highest BCUT2D eigenvalue weighted by atomic mass is 35.5. The summed E-state index contributed by atoms with van der Waals surface area (Å²) >= 11 is 6.19. The zero-order chi connectivity index (χ0) is 12.5. The summed E-state index contributed by atoms with van der Waals surface area (Å²) in [6.45, 7) is 0.881. The molecule has 6 heteroatoms. The van der Waals surface area contributed by atoms with E-state index in [0.717, 1.165) is 12.2 Å². The maximum Gasteiger partial charge on any atom is 0.205 e. The van der Waals surface area contributed by atoms with E-state index in [2.05, 4.69) is 15.0 Å². The van der Waals surface area contributed by atoms with Crippen molar-refractivity contribution >= 4 is 28.6 Å². The summed E-state index contributed by atoms with van der Waals surface area (Å²) in [6.07, 6.45) is 7.96. The maximum atomic E-state index is 6.19. The first-order valence-corrected chi connectivity index (χ1v) is 6.75. The second-order valence-electron chi connectivity index (χ2n) is 4.93. The van der Waals surface area contributed by atoms with Crippen molar-refractivity contribution < 1.29 is 0 Å². The van der Waals surface area contributed by atoms with Gasteiger partial charge in [-0.15, -0.1) is 0 Å². The number of nitrogens with two attached hydrogens (primary N) is 1. The van der Waals surface area contributed by atoms with Gasteiger partial charge in [0, 0.05) is 6.54 Å². The van der Waals surface area contributed by atoms with Crippen LogP contribution in [-0.4, -0.2) is 19.5 Å². The summed E-state index contributed by atoms with van der Waals surface area (Å²) in [5.74, 6) is 1.06. The second-order valence-corrected chi connectivity index (χ2v) is 5.26. The Labute approximate surface area is 110 Å². The molecule has 1 fully saturated rings. The molecule has 2 heterocycles. The highest BCUT2D eigenvalue weighted by Gasteiger charge is 2.19. The first-order valence-electron chi connectivity index (χ1n) is 6.38. The molecule has 0 amide bonds.